The van der Waals surface area contributed by atoms with E-state index in [4.69, 9.17) is 5.73 Å². The quantitative estimate of drug-likeness (QED) is 0.885. The molecule has 0 bridgehead atoms. The molecule has 0 radical (unpaired) electrons. The van der Waals surface area contributed by atoms with Crippen LogP contribution in [0.25, 0.3) is 0 Å². The fraction of sp³-hybridized carbons (Fsp3) is 0.357. The first-order valence-corrected chi connectivity index (χ1v) is 7.37. The minimum absolute atomic E-state index is 0. The molecule has 21 heavy (non-hydrogen) atoms. The summed E-state index contributed by atoms with van der Waals surface area (Å²) in [4.78, 5) is 12.2. The van der Waals surface area contributed by atoms with Crippen LogP contribution in [0.3, 0.4) is 0 Å². The standard InChI is InChI=1S/C14H18N4OS.ClH/c1-3-11-17-18-14(20-11)16-13(19)9(2)12(15)10-7-5-4-6-8-10;/h4-9,12H,3,15H2,1-2H3,(H,16,18,19);1H. The van der Waals surface area contributed by atoms with E-state index in [9.17, 15) is 4.79 Å². The number of benzene rings is 1. The lowest BCUT2D eigenvalue weighted by Gasteiger charge is -2.18. The SMILES string of the molecule is CCc1nnc(NC(=O)C(C)C(N)c2ccccc2)s1.Cl. The number of carbonyl (C=O) groups excluding carboxylic acids is 1. The first kappa shape index (κ1) is 17.6. The van der Waals surface area contributed by atoms with Gasteiger partial charge < -0.3 is 11.1 Å². The van der Waals surface area contributed by atoms with Gasteiger partial charge in [0.25, 0.3) is 0 Å². The molecule has 0 aliphatic heterocycles. The first-order chi connectivity index (χ1) is 9.61. The third-order valence-electron chi connectivity index (χ3n) is 3.14. The molecule has 0 aliphatic rings. The van der Waals surface area contributed by atoms with Crippen LogP contribution in [0.2, 0.25) is 0 Å². The predicted molar refractivity (Wildman–Crippen MR) is 87.7 cm³/mol. The van der Waals surface area contributed by atoms with Crippen LogP contribution in [-0.2, 0) is 11.2 Å². The number of aromatic nitrogens is 2. The maximum atomic E-state index is 12.2. The molecular formula is C14H19ClN4OS. The van der Waals surface area contributed by atoms with Crippen molar-refractivity contribution in [3.05, 3.63) is 40.9 Å². The summed E-state index contributed by atoms with van der Waals surface area (Å²) in [5.74, 6) is -0.480. The molecule has 0 saturated carbocycles. The van der Waals surface area contributed by atoms with Crippen molar-refractivity contribution in [2.75, 3.05) is 5.32 Å². The molecule has 1 heterocycles. The third-order valence-corrected chi connectivity index (χ3v) is 4.12. The van der Waals surface area contributed by atoms with Crippen LogP contribution in [0, 0.1) is 5.92 Å². The van der Waals surface area contributed by atoms with Crippen LogP contribution in [0.5, 0.6) is 0 Å². The van der Waals surface area contributed by atoms with Gasteiger partial charge in [-0.2, -0.15) is 0 Å². The number of carbonyl (C=O) groups is 1. The van der Waals surface area contributed by atoms with Crippen molar-refractivity contribution in [1.82, 2.24) is 10.2 Å². The Morgan fingerprint density at radius 3 is 2.57 bits per heavy atom. The van der Waals surface area contributed by atoms with Crippen LogP contribution in [0.1, 0.15) is 30.5 Å². The number of hydrogen-bond acceptors (Lipinski definition) is 5. The average Bonchev–Trinajstić information content (AvgIpc) is 2.94. The van der Waals surface area contributed by atoms with Gasteiger partial charge in [-0.15, -0.1) is 22.6 Å². The molecule has 2 rings (SSSR count). The highest BCUT2D eigenvalue weighted by Gasteiger charge is 2.23. The molecule has 0 spiro atoms. The fourth-order valence-corrected chi connectivity index (χ4v) is 2.48. The number of aryl methyl sites for hydroxylation is 1. The second-order valence-corrected chi connectivity index (χ2v) is 5.63. The highest BCUT2D eigenvalue weighted by Crippen LogP contribution is 2.22. The van der Waals surface area contributed by atoms with Gasteiger partial charge in [0.1, 0.15) is 5.01 Å². The lowest BCUT2D eigenvalue weighted by molar-refractivity contribution is -0.120. The number of nitrogens with two attached hydrogens (primary N) is 1. The van der Waals surface area contributed by atoms with Crippen LogP contribution < -0.4 is 11.1 Å². The zero-order chi connectivity index (χ0) is 14.5. The number of nitrogens with zero attached hydrogens (tertiary/aromatic N) is 2. The summed E-state index contributed by atoms with van der Waals surface area (Å²) in [5, 5.41) is 12.1. The van der Waals surface area contributed by atoms with E-state index in [2.05, 4.69) is 15.5 Å². The van der Waals surface area contributed by atoms with E-state index in [1.807, 2.05) is 44.2 Å². The number of rotatable bonds is 5. The van der Waals surface area contributed by atoms with E-state index < -0.39 is 0 Å². The molecule has 1 aromatic carbocycles. The summed E-state index contributed by atoms with van der Waals surface area (Å²) < 4.78 is 0. The maximum Gasteiger partial charge on any atom is 0.230 e. The molecule has 3 N–H and O–H groups in total. The van der Waals surface area contributed by atoms with Gasteiger partial charge in [0.2, 0.25) is 11.0 Å². The van der Waals surface area contributed by atoms with Crippen molar-refractivity contribution in [2.45, 2.75) is 26.3 Å². The second kappa shape index (κ2) is 8.07. The Morgan fingerprint density at radius 2 is 2.00 bits per heavy atom. The first-order valence-electron chi connectivity index (χ1n) is 6.55. The molecule has 114 valence electrons. The van der Waals surface area contributed by atoms with Gasteiger partial charge in [0.05, 0.1) is 5.92 Å². The van der Waals surface area contributed by atoms with E-state index in [1.165, 1.54) is 11.3 Å². The predicted octanol–water partition coefficient (Wildman–Crippen LogP) is 2.80. The number of anilines is 1. The molecule has 2 atom stereocenters. The monoisotopic (exact) mass is 326 g/mol. The van der Waals surface area contributed by atoms with Gasteiger partial charge in [-0.25, -0.2) is 0 Å². The van der Waals surface area contributed by atoms with Crippen LogP contribution in [0.4, 0.5) is 5.13 Å². The molecule has 7 heteroatoms. The molecule has 1 amide bonds. The minimum Gasteiger partial charge on any atom is -0.323 e. The van der Waals surface area contributed by atoms with Crippen molar-refractivity contribution < 1.29 is 4.79 Å². The van der Waals surface area contributed by atoms with Crippen molar-refractivity contribution in [3.63, 3.8) is 0 Å². The summed E-state index contributed by atoms with van der Waals surface area (Å²) in [6.45, 7) is 3.81. The molecule has 0 fully saturated rings. The number of halogens is 1. The van der Waals surface area contributed by atoms with Crippen molar-refractivity contribution in [2.24, 2.45) is 11.7 Å². The van der Waals surface area contributed by atoms with Gasteiger partial charge >= 0.3 is 0 Å². The average molecular weight is 327 g/mol. The zero-order valence-corrected chi connectivity index (χ0v) is 13.6. The third kappa shape index (κ3) is 4.49. The molecule has 5 nitrogen and oxygen atoms in total. The van der Waals surface area contributed by atoms with Crippen LogP contribution in [-0.4, -0.2) is 16.1 Å². The summed E-state index contributed by atoms with van der Waals surface area (Å²) in [5.41, 5.74) is 7.08. The van der Waals surface area contributed by atoms with Crippen molar-refractivity contribution >= 4 is 34.8 Å². The highest BCUT2D eigenvalue weighted by molar-refractivity contribution is 7.15. The number of hydrogen-bond donors (Lipinski definition) is 2. The molecule has 2 aromatic rings. The van der Waals surface area contributed by atoms with Crippen molar-refractivity contribution in [3.8, 4) is 0 Å². The van der Waals surface area contributed by atoms with Gasteiger partial charge in [0, 0.05) is 6.04 Å². The maximum absolute atomic E-state index is 12.2. The highest BCUT2D eigenvalue weighted by atomic mass is 35.5. The molecular weight excluding hydrogens is 308 g/mol. The Bertz CT molecular complexity index is 575. The fourth-order valence-electron chi connectivity index (χ4n) is 1.79. The van der Waals surface area contributed by atoms with E-state index in [1.54, 1.807) is 0 Å². The molecule has 0 aliphatic carbocycles. The van der Waals surface area contributed by atoms with E-state index in [0.29, 0.717) is 5.13 Å². The van der Waals surface area contributed by atoms with Gasteiger partial charge in [-0.1, -0.05) is 55.5 Å². The topological polar surface area (TPSA) is 80.9 Å². The Morgan fingerprint density at radius 1 is 1.33 bits per heavy atom. The Labute approximate surface area is 134 Å². The minimum atomic E-state index is -0.341. The van der Waals surface area contributed by atoms with Crippen LogP contribution in [0.15, 0.2) is 30.3 Å². The second-order valence-electron chi connectivity index (χ2n) is 4.57. The number of nitrogens with one attached hydrogen (secondary N) is 1. The van der Waals surface area contributed by atoms with E-state index in [-0.39, 0.29) is 30.3 Å². The van der Waals surface area contributed by atoms with Gasteiger partial charge in [0.15, 0.2) is 0 Å². The van der Waals surface area contributed by atoms with Crippen LogP contribution >= 0.6 is 23.7 Å². The molecule has 1 aromatic heterocycles. The van der Waals surface area contributed by atoms with E-state index >= 15 is 0 Å². The summed E-state index contributed by atoms with van der Waals surface area (Å²) >= 11 is 1.39. The molecule has 2 unspecified atom stereocenters. The summed E-state index contributed by atoms with van der Waals surface area (Å²) in [6.07, 6.45) is 0.812. The lowest BCUT2D eigenvalue weighted by Crippen LogP contribution is -2.30. The zero-order valence-electron chi connectivity index (χ0n) is 11.9. The Balaban J connectivity index is 0.00000220. The van der Waals surface area contributed by atoms with Crippen molar-refractivity contribution in [1.29, 1.82) is 0 Å². The number of amides is 1. The lowest BCUT2D eigenvalue weighted by atomic mass is 9.95. The smallest absolute Gasteiger partial charge is 0.230 e. The largest absolute Gasteiger partial charge is 0.323 e. The van der Waals surface area contributed by atoms with Gasteiger partial charge in [-0.3, -0.25) is 4.79 Å². The Kier molecular flexibility index (Phi) is 6.74. The Hall–Kier alpha value is -1.50. The normalized spacial score (nSPS) is 13.1. The molecule has 0 saturated heterocycles. The summed E-state index contributed by atoms with van der Waals surface area (Å²) in [6, 6.07) is 9.27. The summed E-state index contributed by atoms with van der Waals surface area (Å²) in [7, 11) is 0. The van der Waals surface area contributed by atoms with Gasteiger partial charge in [-0.05, 0) is 12.0 Å². The van der Waals surface area contributed by atoms with E-state index in [0.717, 1.165) is 17.0 Å².